The number of aliphatic hydroxyl groups is 1. The molecule has 0 bridgehead atoms. The summed E-state index contributed by atoms with van der Waals surface area (Å²) in [6, 6.07) is 2.26. The van der Waals surface area contributed by atoms with E-state index in [0.29, 0.717) is 27.6 Å². The number of aromatic nitrogens is 2. The molecule has 1 aromatic heterocycles. The van der Waals surface area contributed by atoms with E-state index in [1.165, 1.54) is 0 Å². The molecular formula is C8H7Br2N3O. The fourth-order valence-corrected chi connectivity index (χ4v) is 2.84. The maximum atomic E-state index is 9.17. The largest absolute Gasteiger partial charge is 0.393 e. The summed E-state index contributed by atoms with van der Waals surface area (Å²) < 4.78 is 2.98. The van der Waals surface area contributed by atoms with Gasteiger partial charge in [-0.3, -0.25) is 4.68 Å². The van der Waals surface area contributed by atoms with Crippen molar-refractivity contribution >= 4 is 31.9 Å². The minimum absolute atomic E-state index is 0.206. The molecule has 0 saturated heterocycles. The second-order valence-electron chi connectivity index (χ2n) is 3.29. The summed E-state index contributed by atoms with van der Waals surface area (Å²) in [4.78, 5) is 0. The van der Waals surface area contributed by atoms with Crippen LogP contribution in [-0.2, 0) is 0 Å². The Balaban J connectivity index is 2.32. The van der Waals surface area contributed by atoms with Crippen molar-refractivity contribution in [2.75, 3.05) is 0 Å². The maximum absolute atomic E-state index is 9.17. The van der Waals surface area contributed by atoms with Crippen molar-refractivity contribution < 1.29 is 5.11 Å². The zero-order chi connectivity index (χ0) is 10.3. The van der Waals surface area contributed by atoms with Gasteiger partial charge in [-0.2, -0.15) is 10.4 Å². The molecule has 4 nitrogen and oxygen atoms in total. The Labute approximate surface area is 97.8 Å². The lowest BCUT2D eigenvalue weighted by atomic mass is 9.90. The van der Waals surface area contributed by atoms with Gasteiger partial charge in [0.25, 0.3) is 0 Å². The van der Waals surface area contributed by atoms with Crippen molar-refractivity contribution in [3.8, 4) is 6.07 Å². The highest BCUT2D eigenvalue weighted by Crippen LogP contribution is 2.36. The lowest BCUT2D eigenvalue weighted by Crippen LogP contribution is -2.31. The summed E-state index contributed by atoms with van der Waals surface area (Å²) in [5.41, 5.74) is 0.506. The third kappa shape index (κ3) is 1.49. The Morgan fingerprint density at radius 1 is 1.50 bits per heavy atom. The van der Waals surface area contributed by atoms with Crippen LogP contribution in [0.4, 0.5) is 0 Å². The van der Waals surface area contributed by atoms with Gasteiger partial charge in [0.05, 0.1) is 12.1 Å². The van der Waals surface area contributed by atoms with Gasteiger partial charge in [-0.25, -0.2) is 0 Å². The topological polar surface area (TPSA) is 61.8 Å². The molecule has 74 valence electrons. The van der Waals surface area contributed by atoms with Crippen LogP contribution < -0.4 is 0 Å². The van der Waals surface area contributed by atoms with Gasteiger partial charge in [-0.05, 0) is 44.7 Å². The summed E-state index contributed by atoms with van der Waals surface area (Å²) in [7, 11) is 0. The highest BCUT2D eigenvalue weighted by molar-refractivity contribution is 9.11. The number of rotatable bonds is 1. The fourth-order valence-electron chi connectivity index (χ4n) is 1.48. The Morgan fingerprint density at radius 2 is 2.14 bits per heavy atom. The van der Waals surface area contributed by atoms with Gasteiger partial charge in [0.1, 0.15) is 20.8 Å². The van der Waals surface area contributed by atoms with E-state index in [0.717, 1.165) is 0 Å². The predicted molar refractivity (Wildman–Crippen MR) is 56.6 cm³/mol. The normalized spacial score (nSPS) is 25.6. The van der Waals surface area contributed by atoms with Crippen LogP contribution in [0.3, 0.4) is 0 Å². The van der Waals surface area contributed by atoms with Crippen molar-refractivity contribution in [2.24, 2.45) is 0 Å². The fraction of sp³-hybridized carbons (Fsp3) is 0.500. The number of nitrogens with zero attached hydrogens (tertiary/aromatic N) is 3. The van der Waals surface area contributed by atoms with E-state index in [1.807, 2.05) is 0 Å². The first-order chi connectivity index (χ1) is 6.63. The molecule has 0 atom stereocenters. The van der Waals surface area contributed by atoms with E-state index in [-0.39, 0.29) is 12.1 Å². The SMILES string of the molecule is N#Cc1c(Br)nn(C2CC(O)C2)c1Br. The molecule has 2 rings (SSSR count). The Hall–Kier alpha value is -0.380. The van der Waals surface area contributed by atoms with Crippen LogP contribution in [0, 0.1) is 11.3 Å². The van der Waals surface area contributed by atoms with E-state index in [1.54, 1.807) is 4.68 Å². The molecule has 1 aliphatic rings. The van der Waals surface area contributed by atoms with Crippen LogP contribution in [0.5, 0.6) is 0 Å². The molecule has 6 heteroatoms. The van der Waals surface area contributed by atoms with Crippen LogP contribution in [0.25, 0.3) is 0 Å². The summed E-state index contributed by atoms with van der Waals surface area (Å²) in [5.74, 6) is 0. The van der Waals surface area contributed by atoms with E-state index in [9.17, 15) is 5.11 Å². The quantitative estimate of drug-likeness (QED) is 0.860. The molecule has 1 N–H and O–H groups in total. The maximum Gasteiger partial charge on any atom is 0.147 e. The molecular weight excluding hydrogens is 314 g/mol. The van der Waals surface area contributed by atoms with Crippen LogP contribution in [0.2, 0.25) is 0 Å². The molecule has 14 heavy (non-hydrogen) atoms. The summed E-state index contributed by atoms with van der Waals surface area (Å²) in [6.45, 7) is 0. The standard InChI is InChI=1S/C8H7Br2N3O/c9-7-6(3-11)8(10)13(12-7)4-1-5(14)2-4/h4-5,14H,1-2H2. The first kappa shape index (κ1) is 10.1. The van der Waals surface area contributed by atoms with E-state index >= 15 is 0 Å². The molecule has 1 saturated carbocycles. The second-order valence-corrected chi connectivity index (χ2v) is 4.79. The molecule has 1 aromatic rings. The zero-order valence-corrected chi connectivity index (χ0v) is 10.3. The van der Waals surface area contributed by atoms with Gasteiger partial charge in [0.15, 0.2) is 0 Å². The van der Waals surface area contributed by atoms with Crippen LogP contribution in [0.1, 0.15) is 24.4 Å². The smallest absolute Gasteiger partial charge is 0.147 e. The number of halogens is 2. The van der Waals surface area contributed by atoms with Crippen molar-refractivity contribution in [1.82, 2.24) is 9.78 Å². The monoisotopic (exact) mass is 319 g/mol. The third-order valence-corrected chi connectivity index (χ3v) is 3.67. The lowest BCUT2D eigenvalue weighted by Gasteiger charge is -2.31. The van der Waals surface area contributed by atoms with E-state index in [2.05, 4.69) is 43.0 Å². The average molecular weight is 321 g/mol. The van der Waals surface area contributed by atoms with Crippen molar-refractivity contribution in [3.05, 3.63) is 14.8 Å². The summed E-state index contributed by atoms with van der Waals surface area (Å²) in [6.07, 6.45) is 1.19. The molecule has 0 aromatic carbocycles. The molecule has 1 fully saturated rings. The van der Waals surface area contributed by atoms with Crippen molar-refractivity contribution in [2.45, 2.75) is 25.0 Å². The number of hydrogen-bond donors (Lipinski definition) is 1. The average Bonchev–Trinajstić information content (AvgIpc) is 2.36. The third-order valence-electron chi connectivity index (χ3n) is 2.36. The number of hydrogen-bond acceptors (Lipinski definition) is 3. The van der Waals surface area contributed by atoms with Crippen LogP contribution >= 0.6 is 31.9 Å². The first-order valence-electron chi connectivity index (χ1n) is 4.15. The first-order valence-corrected chi connectivity index (χ1v) is 5.73. The van der Waals surface area contributed by atoms with Gasteiger partial charge in [-0.1, -0.05) is 0 Å². The summed E-state index contributed by atoms with van der Waals surface area (Å²) >= 11 is 6.54. The minimum atomic E-state index is -0.222. The molecule has 0 amide bonds. The Morgan fingerprint density at radius 3 is 2.57 bits per heavy atom. The Bertz CT molecular complexity index is 403. The van der Waals surface area contributed by atoms with E-state index < -0.39 is 0 Å². The molecule has 1 aliphatic carbocycles. The predicted octanol–water partition coefficient (Wildman–Crippen LogP) is 1.98. The lowest BCUT2D eigenvalue weighted by molar-refractivity contribution is 0.0423. The van der Waals surface area contributed by atoms with Crippen molar-refractivity contribution in [3.63, 3.8) is 0 Å². The highest BCUT2D eigenvalue weighted by atomic mass is 79.9. The minimum Gasteiger partial charge on any atom is -0.393 e. The van der Waals surface area contributed by atoms with E-state index in [4.69, 9.17) is 5.26 Å². The summed E-state index contributed by atoms with van der Waals surface area (Å²) in [5, 5.41) is 22.2. The van der Waals surface area contributed by atoms with Crippen LogP contribution in [0.15, 0.2) is 9.21 Å². The number of aliphatic hydroxyl groups excluding tert-OH is 1. The van der Waals surface area contributed by atoms with Gasteiger partial charge >= 0.3 is 0 Å². The van der Waals surface area contributed by atoms with Crippen molar-refractivity contribution in [1.29, 1.82) is 5.26 Å². The van der Waals surface area contributed by atoms with Gasteiger partial charge in [0, 0.05) is 0 Å². The molecule has 0 aliphatic heterocycles. The molecule has 0 radical (unpaired) electrons. The van der Waals surface area contributed by atoms with Gasteiger partial charge in [0.2, 0.25) is 0 Å². The van der Waals surface area contributed by atoms with Gasteiger partial charge < -0.3 is 5.11 Å². The zero-order valence-electron chi connectivity index (χ0n) is 7.11. The highest BCUT2D eigenvalue weighted by Gasteiger charge is 2.32. The number of nitriles is 1. The van der Waals surface area contributed by atoms with Gasteiger partial charge in [-0.15, -0.1) is 0 Å². The van der Waals surface area contributed by atoms with Crippen LogP contribution in [-0.4, -0.2) is 21.0 Å². The molecule has 1 heterocycles. The second kappa shape index (κ2) is 3.65. The molecule has 0 spiro atoms. The Kier molecular flexibility index (Phi) is 2.64. The molecule has 0 unspecified atom stereocenters.